The van der Waals surface area contributed by atoms with Crippen molar-refractivity contribution in [3.8, 4) is 0 Å². The van der Waals surface area contributed by atoms with Crippen LogP contribution < -0.4 is 5.43 Å². The number of aryl methyl sites for hydroxylation is 1. The number of hydrogen-bond donors (Lipinski definition) is 2. The molecule has 3 aromatic rings. The summed E-state index contributed by atoms with van der Waals surface area (Å²) >= 11 is 0. The first-order valence-corrected chi connectivity index (χ1v) is 6.68. The van der Waals surface area contributed by atoms with Gasteiger partial charge in [0.15, 0.2) is 0 Å². The topological polar surface area (TPSA) is 53.1 Å². The summed E-state index contributed by atoms with van der Waals surface area (Å²) in [7, 11) is 0. The van der Waals surface area contributed by atoms with Gasteiger partial charge in [0.25, 0.3) is 0 Å². The molecule has 1 heterocycles. The lowest BCUT2D eigenvalue weighted by molar-refractivity contribution is 1.14. The summed E-state index contributed by atoms with van der Waals surface area (Å²) in [5, 5.41) is 4.19. The fraction of sp³-hybridized carbons (Fsp3) is 0.125. The molecule has 100 valence electrons. The average molecular weight is 264 g/mol. The summed E-state index contributed by atoms with van der Waals surface area (Å²) in [4.78, 5) is 7.55. The van der Waals surface area contributed by atoms with Crippen molar-refractivity contribution in [2.45, 2.75) is 13.3 Å². The Balaban J connectivity index is 1.69. The third-order valence-electron chi connectivity index (χ3n) is 3.16. The molecule has 0 spiro atoms. The molecule has 0 saturated carbocycles. The Kier molecular flexibility index (Phi) is 3.46. The number of fused-ring (bicyclic) bond motifs is 1. The second-order valence-corrected chi connectivity index (χ2v) is 4.57. The van der Waals surface area contributed by atoms with Gasteiger partial charge in [0.2, 0.25) is 5.95 Å². The van der Waals surface area contributed by atoms with Crippen LogP contribution in [0.2, 0.25) is 0 Å². The Morgan fingerprint density at radius 1 is 1.15 bits per heavy atom. The summed E-state index contributed by atoms with van der Waals surface area (Å²) < 4.78 is 0. The van der Waals surface area contributed by atoms with E-state index in [1.165, 1.54) is 5.56 Å². The highest BCUT2D eigenvalue weighted by molar-refractivity contribution is 5.81. The molecule has 0 aliphatic heterocycles. The molecular weight excluding hydrogens is 248 g/mol. The van der Waals surface area contributed by atoms with Crippen LogP contribution in [0, 0.1) is 0 Å². The third-order valence-corrected chi connectivity index (χ3v) is 3.16. The minimum absolute atomic E-state index is 0.646. The number of aromatic nitrogens is 2. The average Bonchev–Trinajstić information content (AvgIpc) is 2.90. The monoisotopic (exact) mass is 264 g/mol. The number of hydrogen-bond acceptors (Lipinski definition) is 3. The van der Waals surface area contributed by atoms with Gasteiger partial charge in [-0.3, -0.25) is 0 Å². The number of nitrogens with one attached hydrogen (secondary N) is 2. The first-order chi connectivity index (χ1) is 9.85. The van der Waals surface area contributed by atoms with Crippen LogP contribution in [0.5, 0.6) is 0 Å². The molecule has 0 bridgehead atoms. The molecule has 0 aliphatic rings. The van der Waals surface area contributed by atoms with E-state index in [1.807, 2.05) is 24.3 Å². The van der Waals surface area contributed by atoms with Crippen LogP contribution in [0.4, 0.5) is 5.95 Å². The molecule has 0 amide bonds. The van der Waals surface area contributed by atoms with Crippen LogP contribution in [0.3, 0.4) is 0 Å². The lowest BCUT2D eigenvalue weighted by Gasteiger charge is -1.97. The Morgan fingerprint density at radius 3 is 2.70 bits per heavy atom. The maximum Gasteiger partial charge on any atom is 0.222 e. The molecule has 3 rings (SSSR count). The van der Waals surface area contributed by atoms with Gasteiger partial charge in [0.05, 0.1) is 17.2 Å². The summed E-state index contributed by atoms with van der Waals surface area (Å²) in [5.74, 6) is 0.646. The third kappa shape index (κ3) is 2.69. The molecule has 4 heteroatoms. The Labute approximate surface area is 117 Å². The van der Waals surface area contributed by atoms with E-state index < -0.39 is 0 Å². The quantitative estimate of drug-likeness (QED) is 0.559. The van der Waals surface area contributed by atoms with Gasteiger partial charge in [-0.25, -0.2) is 10.4 Å². The van der Waals surface area contributed by atoms with Crippen LogP contribution in [0.25, 0.3) is 11.0 Å². The van der Waals surface area contributed by atoms with Gasteiger partial charge in [-0.2, -0.15) is 5.10 Å². The number of benzene rings is 2. The smallest absolute Gasteiger partial charge is 0.222 e. The van der Waals surface area contributed by atoms with Gasteiger partial charge in [-0.15, -0.1) is 0 Å². The predicted octanol–water partition coefficient (Wildman–Crippen LogP) is 3.57. The summed E-state index contributed by atoms with van der Waals surface area (Å²) in [6.45, 7) is 2.15. The summed E-state index contributed by atoms with van der Waals surface area (Å²) in [6.07, 6.45) is 2.83. The van der Waals surface area contributed by atoms with Crippen molar-refractivity contribution in [1.29, 1.82) is 0 Å². The SMILES string of the molecule is CCc1ccc(/C=N\Nc2nc3ccccc3[nH]2)cc1. The van der Waals surface area contributed by atoms with Crippen molar-refractivity contribution in [2.75, 3.05) is 5.43 Å². The zero-order valence-corrected chi connectivity index (χ0v) is 11.3. The first kappa shape index (κ1) is 12.4. The number of anilines is 1. The van der Waals surface area contributed by atoms with Gasteiger partial charge in [0, 0.05) is 0 Å². The van der Waals surface area contributed by atoms with Gasteiger partial charge < -0.3 is 4.98 Å². The van der Waals surface area contributed by atoms with Crippen molar-refractivity contribution >= 4 is 23.2 Å². The molecule has 0 radical (unpaired) electrons. The molecule has 20 heavy (non-hydrogen) atoms. The molecule has 4 nitrogen and oxygen atoms in total. The molecule has 2 aromatic carbocycles. The van der Waals surface area contributed by atoms with E-state index in [2.05, 4.69) is 51.7 Å². The largest absolute Gasteiger partial charge is 0.323 e. The van der Waals surface area contributed by atoms with Gasteiger partial charge in [0.1, 0.15) is 0 Å². The van der Waals surface area contributed by atoms with Gasteiger partial charge >= 0.3 is 0 Å². The normalized spacial score (nSPS) is 11.2. The number of aromatic amines is 1. The minimum atomic E-state index is 0.646. The maximum absolute atomic E-state index is 4.39. The molecular formula is C16H16N4. The molecule has 0 aliphatic carbocycles. The number of hydrazone groups is 1. The van der Waals surface area contributed by atoms with E-state index in [0.29, 0.717) is 5.95 Å². The van der Waals surface area contributed by atoms with E-state index >= 15 is 0 Å². The molecule has 0 saturated heterocycles. The van der Waals surface area contributed by atoms with Crippen molar-refractivity contribution in [1.82, 2.24) is 9.97 Å². The standard InChI is InChI=1S/C16H16N4/c1-2-12-7-9-13(10-8-12)11-17-20-16-18-14-5-3-4-6-15(14)19-16/h3-11H,2H2,1H3,(H2,18,19,20)/b17-11-. The Bertz CT molecular complexity index is 693. The lowest BCUT2D eigenvalue weighted by Crippen LogP contribution is -1.92. The highest BCUT2D eigenvalue weighted by Gasteiger charge is 1.99. The van der Waals surface area contributed by atoms with Crippen molar-refractivity contribution in [2.24, 2.45) is 5.10 Å². The van der Waals surface area contributed by atoms with E-state index in [4.69, 9.17) is 0 Å². The van der Waals surface area contributed by atoms with E-state index in [0.717, 1.165) is 23.0 Å². The second kappa shape index (κ2) is 5.57. The molecule has 1 aromatic heterocycles. The van der Waals surface area contributed by atoms with Crippen molar-refractivity contribution < 1.29 is 0 Å². The number of H-pyrrole nitrogens is 1. The van der Waals surface area contributed by atoms with Crippen LogP contribution in [0.15, 0.2) is 53.6 Å². The lowest BCUT2D eigenvalue weighted by atomic mass is 10.1. The summed E-state index contributed by atoms with van der Waals surface area (Å²) in [5.41, 5.74) is 7.23. The highest BCUT2D eigenvalue weighted by Crippen LogP contribution is 2.13. The minimum Gasteiger partial charge on any atom is -0.323 e. The number of nitrogens with zero attached hydrogens (tertiary/aromatic N) is 2. The van der Waals surface area contributed by atoms with Crippen molar-refractivity contribution in [3.05, 3.63) is 59.7 Å². The molecule has 2 N–H and O–H groups in total. The van der Waals surface area contributed by atoms with Crippen LogP contribution in [0.1, 0.15) is 18.1 Å². The van der Waals surface area contributed by atoms with E-state index in [9.17, 15) is 0 Å². The number of para-hydroxylation sites is 2. The molecule has 0 unspecified atom stereocenters. The number of imidazole rings is 1. The predicted molar refractivity (Wildman–Crippen MR) is 83.1 cm³/mol. The highest BCUT2D eigenvalue weighted by atomic mass is 15.3. The summed E-state index contributed by atoms with van der Waals surface area (Å²) in [6, 6.07) is 16.2. The van der Waals surface area contributed by atoms with E-state index in [1.54, 1.807) is 6.21 Å². The van der Waals surface area contributed by atoms with Crippen LogP contribution >= 0.6 is 0 Å². The van der Waals surface area contributed by atoms with E-state index in [-0.39, 0.29) is 0 Å². The van der Waals surface area contributed by atoms with Crippen LogP contribution in [-0.2, 0) is 6.42 Å². The molecule has 0 atom stereocenters. The maximum atomic E-state index is 4.39. The fourth-order valence-corrected chi connectivity index (χ4v) is 2.01. The zero-order chi connectivity index (χ0) is 13.8. The fourth-order valence-electron chi connectivity index (χ4n) is 2.01. The molecule has 0 fully saturated rings. The van der Waals surface area contributed by atoms with Gasteiger partial charge in [-0.1, -0.05) is 43.3 Å². The Hall–Kier alpha value is -2.62. The van der Waals surface area contributed by atoms with Gasteiger partial charge in [-0.05, 0) is 29.7 Å². The zero-order valence-electron chi connectivity index (χ0n) is 11.3. The first-order valence-electron chi connectivity index (χ1n) is 6.68. The van der Waals surface area contributed by atoms with Crippen molar-refractivity contribution in [3.63, 3.8) is 0 Å². The van der Waals surface area contributed by atoms with Crippen LogP contribution in [-0.4, -0.2) is 16.2 Å². The second-order valence-electron chi connectivity index (χ2n) is 4.57. The number of rotatable bonds is 4. The Morgan fingerprint density at radius 2 is 1.95 bits per heavy atom.